The Kier molecular flexibility index (Phi) is 10.5. The van der Waals surface area contributed by atoms with Gasteiger partial charge in [0.05, 0.1) is 37.4 Å². The lowest BCUT2D eigenvalue weighted by Gasteiger charge is -2.25. The molecule has 0 aliphatic carbocycles. The fourth-order valence-electron chi connectivity index (χ4n) is 3.79. The molecule has 10 nitrogen and oxygen atoms in total. The third-order valence-corrected chi connectivity index (χ3v) is 5.57. The normalized spacial score (nSPS) is 15.5. The number of carbonyl (C=O) groups excluding carboxylic acids is 2. The average Bonchev–Trinajstić information content (AvgIpc) is 2.93. The highest BCUT2D eigenvalue weighted by molar-refractivity contribution is 6.30. The third kappa shape index (κ3) is 7.58. The summed E-state index contributed by atoms with van der Waals surface area (Å²) in [5.74, 6) is -1.35. The standard InChI is InChI=1S/C24H28ClN5O5.ClH/c1-29(2)28-21-13-30(14-22(31)27-19-7-5-4-6-18(19)24(33)34)23(32)16(12-26-21)10-15-11-17(25)8-9-20(15)35-3;/h4-9,11,16H,10,12-14H2,1-3H3,(H,26,28)(H,27,31)(H,33,34);1H/t16-;/m1./s1. The van der Waals surface area contributed by atoms with Crippen LogP contribution in [0.3, 0.4) is 0 Å². The Labute approximate surface area is 220 Å². The molecule has 1 aliphatic heterocycles. The van der Waals surface area contributed by atoms with E-state index in [-0.39, 0.29) is 49.2 Å². The Morgan fingerprint density at radius 1 is 1.25 bits per heavy atom. The summed E-state index contributed by atoms with van der Waals surface area (Å²) in [6.07, 6.45) is 0.321. The van der Waals surface area contributed by atoms with Crippen molar-refractivity contribution in [2.75, 3.05) is 46.2 Å². The van der Waals surface area contributed by atoms with Gasteiger partial charge in [0.15, 0.2) is 0 Å². The maximum atomic E-state index is 13.5. The molecule has 1 atom stereocenters. The minimum Gasteiger partial charge on any atom is -0.496 e. The monoisotopic (exact) mass is 537 g/mol. The molecule has 2 amide bonds. The first-order valence-corrected chi connectivity index (χ1v) is 11.3. The number of hydrazine groups is 1. The number of hydrogen-bond donors (Lipinski definition) is 3. The molecule has 1 heterocycles. The van der Waals surface area contributed by atoms with E-state index in [0.29, 0.717) is 23.0 Å². The predicted octanol–water partition coefficient (Wildman–Crippen LogP) is 2.57. The number of anilines is 1. The molecule has 194 valence electrons. The lowest BCUT2D eigenvalue weighted by Crippen LogP contribution is -2.47. The molecule has 0 aromatic heterocycles. The Balaban J connectivity index is 0.00000456. The second-order valence-corrected chi connectivity index (χ2v) is 8.68. The minimum absolute atomic E-state index is 0. The van der Waals surface area contributed by atoms with Crippen LogP contribution in [0.2, 0.25) is 5.02 Å². The molecule has 0 bridgehead atoms. The summed E-state index contributed by atoms with van der Waals surface area (Å²) < 4.78 is 5.42. The van der Waals surface area contributed by atoms with Crippen molar-refractivity contribution >= 4 is 53.3 Å². The van der Waals surface area contributed by atoms with Crippen molar-refractivity contribution < 1.29 is 24.2 Å². The van der Waals surface area contributed by atoms with Gasteiger partial charge < -0.3 is 25.5 Å². The van der Waals surface area contributed by atoms with Crippen molar-refractivity contribution in [2.24, 2.45) is 10.9 Å². The van der Waals surface area contributed by atoms with E-state index >= 15 is 0 Å². The molecule has 0 saturated heterocycles. The summed E-state index contributed by atoms with van der Waals surface area (Å²) in [5.41, 5.74) is 3.95. The van der Waals surface area contributed by atoms with Crippen LogP contribution in [0.1, 0.15) is 15.9 Å². The number of carboxylic acids is 1. The molecule has 0 fully saturated rings. The van der Waals surface area contributed by atoms with Gasteiger partial charge in [-0.1, -0.05) is 23.7 Å². The average molecular weight is 538 g/mol. The molecule has 0 spiro atoms. The SMILES string of the molecule is COc1ccc(Cl)cc1C[C@@H]1CN=C(NN(C)C)CN(CC(=O)Nc2ccccc2C(=O)O)C1=O.Cl. The lowest BCUT2D eigenvalue weighted by molar-refractivity contribution is -0.137. The van der Waals surface area contributed by atoms with E-state index in [4.69, 9.17) is 16.3 Å². The summed E-state index contributed by atoms with van der Waals surface area (Å²) >= 11 is 6.16. The number of carboxylic acid groups (broad SMARTS) is 1. The zero-order valence-corrected chi connectivity index (χ0v) is 21.7. The molecular formula is C24H29Cl2N5O5. The smallest absolute Gasteiger partial charge is 0.337 e. The second-order valence-electron chi connectivity index (χ2n) is 8.24. The van der Waals surface area contributed by atoms with Crippen LogP contribution in [0.5, 0.6) is 5.75 Å². The summed E-state index contributed by atoms with van der Waals surface area (Å²) in [5, 5.41) is 14.2. The number of rotatable bonds is 8. The quantitative estimate of drug-likeness (QED) is 0.442. The zero-order chi connectivity index (χ0) is 25.5. The highest BCUT2D eigenvalue weighted by atomic mass is 35.5. The number of halogens is 2. The van der Waals surface area contributed by atoms with E-state index in [0.717, 1.165) is 5.56 Å². The molecule has 0 saturated carbocycles. The third-order valence-electron chi connectivity index (χ3n) is 5.33. The molecule has 2 aromatic rings. The van der Waals surface area contributed by atoms with Gasteiger partial charge in [0.2, 0.25) is 11.8 Å². The largest absolute Gasteiger partial charge is 0.496 e. The molecule has 36 heavy (non-hydrogen) atoms. The number of nitrogens with one attached hydrogen (secondary N) is 2. The number of nitrogens with zero attached hydrogens (tertiary/aromatic N) is 3. The number of carbonyl (C=O) groups is 3. The number of amides is 2. The molecule has 3 rings (SSSR count). The number of aromatic carboxylic acids is 1. The van der Waals surface area contributed by atoms with Crippen molar-refractivity contribution in [3.05, 3.63) is 58.6 Å². The summed E-state index contributed by atoms with van der Waals surface area (Å²) in [4.78, 5) is 43.8. The number of hydrogen-bond acceptors (Lipinski definition) is 7. The van der Waals surface area contributed by atoms with Gasteiger partial charge in [0, 0.05) is 19.1 Å². The van der Waals surface area contributed by atoms with Gasteiger partial charge in [-0.05, 0) is 42.3 Å². The number of amidine groups is 1. The van der Waals surface area contributed by atoms with E-state index < -0.39 is 17.8 Å². The van der Waals surface area contributed by atoms with Crippen LogP contribution < -0.4 is 15.5 Å². The minimum atomic E-state index is -1.16. The van der Waals surface area contributed by atoms with Gasteiger partial charge in [-0.25, -0.2) is 9.80 Å². The van der Waals surface area contributed by atoms with Crippen LogP contribution in [0, 0.1) is 5.92 Å². The van der Waals surface area contributed by atoms with Gasteiger partial charge >= 0.3 is 5.97 Å². The van der Waals surface area contributed by atoms with E-state index in [1.165, 1.54) is 17.0 Å². The predicted molar refractivity (Wildman–Crippen MR) is 140 cm³/mol. The number of benzene rings is 2. The van der Waals surface area contributed by atoms with Crippen LogP contribution >= 0.6 is 24.0 Å². The van der Waals surface area contributed by atoms with Crippen molar-refractivity contribution in [1.82, 2.24) is 15.3 Å². The van der Waals surface area contributed by atoms with Crippen LogP contribution in [-0.4, -0.2) is 79.5 Å². The molecule has 1 aliphatic rings. The first kappa shape index (κ1) is 28.9. The second kappa shape index (κ2) is 13.1. The van der Waals surface area contributed by atoms with Crippen LogP contribution in [0.25, 0.3) is 0 Å². The summed E-state index contributed by atoms with van der Waals surface area (Å²) in [7, 11) is 5.14. The maximum Gasteiger partial charge on any atom is 0.337 e. The summed E-state index contributed by atoms with van der Waals surface area (Å²) in [6.45, 7) is 0.0307. The topological polar surface area (TPSA) is 124 Å². The van der Waals surface area contributed by atoms with E-state index in [9.17, 15) is 19.5 Å². The summed E-state index contributed by atoms with van der Waals surface area (Å²) in [6, 6.07) is 11.3. The number of methoxy groups -OCH3 is 1. The van der Waals surface area contributed by atoms with E-state index in [2.05, 4.69) is 15.7 Å². The van der Waals surface area contributed by atoms with Crippen LogP contribution in [-0.2, 0) is 16.0 Å². The Morgan fingerprint density at radius 2 is 1.97 bits per heavy atom. The highest BCUT2D eigenvalue weighted by Crippen LogP contribution is 2.27. The van der Waals surface area contributed by atoms with Gasteiger partial charge in [-0.3, -0.25) is 14.6 Å². The Hall–Kier alpha value is -3.34. The van der Waals surface area contributed by atoms with Crippen molar-refractivity contribution in [3.8, 4) is 5.75 Å². The number of para-hydroxylation sites is 1. The molecule has 3 N–H and O–H groups in total. The highest BCUT2D eigenvalue weighted by Gasteiger charge is 2.31. The van der Waals surface area contributed by atoms with E-state index in [1.807, 2.05) is 0 Å². The van der Waals surface area contributed by atoms with Gasteiger partial charge in [0.1, 0.15) is 18.1 Å². The zero-order valence-electron chi connectivity index (χ0n) is 20.2. The van der Waals surface area contributed by atoms with E-state index in [1.54, 1.807) is 56.5 Å². The first-order valence-electron chi connectivity index (χ1n) is 10.9. The Morgan fingerprint density at radius 3 is 2.64 bits per heavy atom. The fourth-order valence-corrected chi connectivity index (χ4v) is 3.99. The van der Waals surface area contributed by atoms with Crippen LogP contribution in [0.15, 0.2) is 47.5 Å². The van der Waals surface area contributed by atoms with Crippen molar-refractivity contribution in [2.45, 2.75) is 6.42 Å². The van der Waals surface area contributed by atoms with Crippen molar-refractivity contribution in [1.29, 1.82) is 0 Å². The van der Waals surface area contributed by atoms with Gasteiger partial charge in [-0.2, -0.15) is 0 Å². The van der Waals surface area contributed by atoms with Crippen LogP contribution in [0.4, 0.5) is 5.69 Å². The maximum absolute atomic E-state index is 13.5. The Bertz CT molecular complexity index is 1140. The number of aliphatic imine (C=N–C) groups is 1. The van der Waals surface area contributed by atoms with Gasteiger partial charge in [-0.15, -0.1) is 12.4 Å². The molecule has 12 heteroatoms. The fraction of sp³-hybridized carbons (Fsp3) is 0.333. The van der Waals surface area contributed by atoms with Crippen molar-refractivity contribution in [3.63, 3.8) is 0 Å². The van der Waals surface area contributed by atoms with Gasteiger partial charge in [0.25, 0.3) is 0 Å². The molecule has 0 unspecified atom stereocenters. The molecule has 0 radical (unpaired) electrons. The molecular weight excluding hydrogens is 509 g/mol. The number of ether oxygens (including phenoxy) is 1. The first-order chi connectivity index (χ1) is 16.7. The molecule has 2 aromatic carbocycles. The lowest BCUT2D eigenvalue weighted by atomic mass is 9.97.